The van der Waals surface area contributed by atoms with Crippen molar-refractivity contribution < 1.29 is 4.74 Å². The fourth-order valence-corrected chi connectivity index (χ4v) is 4.02. The van der Waals surface area contributed by atoms with E-state index in [1.54, 1.807) is 0 Å². The molecule has 2 rings (SSSR count). The van der Waals surface area contributed by atoms with E-state index < -0.39 is 0 Å². The van der Waals surface area contributed by atoms with Crippen LogP contribution in [0, 0.1) is 0 Å². The smallest absolute Gasteiger partial charge is 0.0576 e. The number of ether oxygens (including phenoxy) is 1. The maximum atomic E-state index is 5.66. The molecule has 0 aromatic heterocycles. The Kier molecular flexibility index (Phi) is 7.38. The Labute approximate surface area is 134 Å². The van der Waals surface area contributed by atoms with Crippen LogP contribution in [0.5, 0.6) is 0 Å². The molecule has 0 radical (unpaired) electrons. The van der Waals surface area contributed by atoms with E-state index in [2.05, 4.69) is 39.6 Å². The molecule has 3 N–H and O–H groups in total. The third-order valence-corrected chi connectivity index (χ3v) is 5.24. The third-order valence-electron chi connectivity index (χ3n) is 3.59. The Morgan fingerprint density at radius 1 is 1.50 bits per heavy atom. The van der Waals surface area contributed by atoms with Crippen molar-refractivity contribution >= 4 is 27.7 Å². The lowest BCUT2D eigenvalue weighted by Crippen LogP contribution is -2.37. The first-order valence-electron chi connectivity index (χ1n) is 7.24. The lowest BCUT2D eigenvalue weighted by molar-refractivity contribution is 0.101. The van der Waals surface area contributed by atoms with Crippen LogP contribution in [0.25, 0.3) is 0 Å². The molecule has 2 unspecified atom stereocenters. The highest BCUT2D eigenvalue weighted by Gasteiger charge is 2.16. The zero-order valence-corrected chi connectivity index (χ0v) is 14.1. The minimum Gasteiger partial charge on any atom is -0.378 e. The van der Waals surface area contributed by atoms with Gasteiger partial charge in [0.05, 0.1) is 6.10 Å². The van der Waals surface area contributed by atoms with Crippen LogP contribution in [0.4, 0.5) is 0 Å². The van der Waals surface area contributed by atoms with Crippen LogP contribution < -0.4 is 11.3 Å². The second-order valence-corrected chi connectivity index (χ2v) is 7.21. The Morgan fingerprint density at radius 2 is 2.40 bits per heavy atom. The molecule has 3 nitrogen and oxygen atoms in total. The summed E-state index contributed by atoms with van der Waals surface area (Å²) < 4.78 is 6.77. The summed E-state index contributed by atoms with van der Waals surface area (Å²) >= 11 is 5.34. The van der Waals surface area contributed by atoms with Crippen LogP contribution in [-0.2, 0) is 4.74 Å². The summed E-state index contributed by atoms with van der Waals surface area (Å²) in [6.45, 7) is 0.946. The molecule has 5 heteroatoms. The fraction of sp³-hybridized carbons (Fsp3) is 0.600. The number of thioether (sulfide) groups is 1. The molecule has 1 saturated heterocycles. The van der Waals surface area contributed by atoms with E-state index in [1.165, 1.54) is 30.6 Å². The molecule has 0 bridgehead atoms. The average molecular weight is 359 g/mol. The minimum absolute atomic E-state index is 0.361. The summed E-state index contributed by atoms with van der Waals surface area (Å²) in [6, 6.07) is 8.75. The maximum Gasteiger partial charge on any atom is 0.0576 e. The second kappa shape index (κ2) is 9.05. The normalized spacial score (nSPS) is 20.2. The predicted octanol–water partition coefficient (Wildman–Crippen LogP) is 3.72. The lowest BCUT2D eigenvalue weighted by Gasteiger charge is -2.16. The lowest BCUT2D eigenvalue weighted by atomic mass is 10.1. The number of hydrogen-bond acceptors (Lipinski definition) is 4. The summed E-state index contributed by atoms with van der Waals surface area (Å²) in [7, 11) is 0. The van der Waals surface area contributed by atoms with Gasteiger partial charge in [0.2, 0.25) is 0 Å². The van der Waals surface area contributed by atoms with Crippen molar-refractivity contribution in [3.05, 3.63) is 28.7 Å². The van der Waals surface area contributed by atoms with E-state index in [0.717, 1.165) is 23.3 Å². The molecule has 1 aromatic rings. The van der Waals surface area contributed by atoms with Crippen molar-refractivity contribution in [3.63, 3.8) is 0 Å². The Balaban J connectivity index is 1.66. The highest BCUT2D eigenvalue weighted by molar-refractivity contribution is 9.10. The van der Waals surface area contributed by atoms with Crippen LogP contribution in [0.1, 0.15) is 32.1 Å². The van der Waals surface area contributed by atoms with Gasteiger partial charge < -0.3 is 4.74 Å². The van der Waals surface area contributed by atoms with Gasteiger partial charge in [-0.2, -0.15) is 0 Å². The van der Waals surface area contributed by atoms with Crippen molar-refractivity contribution in [1.29, 1.82) is 0 Å². The van der Waals surface area contributed by atoms with Crippen LogP contribution in [-0.4, -0.2) is 24.5 Å². The summed E-state index contributed by atoms with van der Waals surface area (Å²) in [5.41, 5.74) is 2.94. The molecule has 112 valence electrons. The van der Waals surface area contributed by atoms with Gasteiger partial charge in [0.15, 0.2) is 0 Å². The first-order valence-corrected chi connectivity index (χ1v) is 9.02. The van der Waals surface area contributed by atoms with E-state index >= 15 is 0 Å². The monoisotopic (exact) mass is 358 g/mol. The van der Waals surface area contributed by atoms with Crippen LogP contribution in [0.15, 0.2) is 33.6 Å². The van der Waals surface area contributed by atoms with E-state index in [-0.39, 0.29) is 0 Å². The SMILES string of the molecule is NNC(CCCC1CCCO1)CSc1cccc(Br)c1. The van der Waals surface area contributed by atoms with Gasteiger partial charge in [-0.1, -0.05) is 22.0 Å². The molecule has 0 aliphatic carbocycles. The van der Waals surface area contributed by atoms with Crippen molar-refractivity contribution in [3.8, 4) is 0 Å². The molecule has 0 spiro atoms. The molecule has 0 saturated carbocycles. The van der Waals surface area contributed by atoms with Gasteiger partial charge in [-0.15, -0.1) is 11.8 Å². The average Bonchev–Trinajstić information content (AvgIpc) is 2.96. The largest absolute Gasteiger partial charge is 0.378 e. The molecule has 1 fully saturated rings. The topological polar surface area (TPSA) is 47.3 Å². The zero-order chi connectivity index (χ0) is 14.2. The Morgan fingerprint density at radius 3 is 3.10 bits per heavy atom. The molecule has 1 aliphatic rings. The maximum absolute atomic E-state index is 5.66. The molecule has 1 aromatic carbocycles. The molecule has 1 heterocycles. The quantitative estimate of drug-likeness (QED) is 0.422. The zero-order valence-electron chi connectivity index (χ0n) is 11.7. The number of hydrogen-bond donors (Lipinski definition) is 2. The summed E-state index contributed by atoms with van der Waals surface area (Å²) in [6.07, 6.45) is 6.40. The third kappa shape index (κ3) is 5.74. The van der Waals surface area contributed by atoms with Gasteiger partial charge in [0.1, 0.15) is 0 Å². The predicted molar refractivity (Wildman–Crippen MR) is 88.8 cm³/mol. The molecule has 1 aliphatic heterocycles. The molecular weight excluding hydrogens is 336 g/mol. The van der Waals surface area contributed by atoms with E-state index in [1.807, 2.05) is 17.8 Å². The number of halogens is 1. The summed E-state index contributed by atoms with van der Waals surface area (Å²) in [4.78, 5) is 1.28. The number of nitrogens with one attached hydrogen (secondary N) is 1. The van der Waals surface area contributed by atoms with Gasteiger partial charge in [-0.25, -0.2) is 0 Å². The van der Waals surface area contributed by atoms with Crippen molar-refractivity contribution in [1.82, 2.24) is 5.43 Å². The van der Waals surface area contributed by atoms with E-state index in [0.29, 0.717) is 12.1 Å². The first-order chi connectivity index (χ1) is 9.78. The Hall–Kier alpha value is -0.0700. The standard InChI is InChI=1S/C15H23BrN2OS/c16-12-4-1-8-15(10-12)20-11-13(18-17)5-2-6-14-7-3-9-19-14/h1,4,8,10,13-14,18H,2-3,5-7,9,11,17H2. The van der Waals surface area contributed by atoms with Crippen LogP contribution in [0.2, 0.25) is 0 Å². The van der Waals surface area contributed by atoms with Crippen molar-refractivity contribution in [2.75, 3.05) is 12.4 Å². The number of benzene rings is 1. The van der Waals surface area contributed by atoms with Gasteiger partial charge in [-0.3, -0.25) is 11.3 Å². The molecular formula is C15H23BrN2OS. The number of hydrazine groups is 1. The van der Waals surface area contributed by atoms with E-state index in [4.69, 9.17) is 10.6 Å². The van der Waals surface area contributed by atoms with Gasteiger partial charge in [-0.05, 0) is 50.3 Å². The summed E-state index contributed by atoms with van der Waals surface area (Å²) in [5.74, 6) is 6.66. The van der Waals surface area contributed by atoms with Crippen molar-refractivity contribution in [2.45, 2.75) is 49.1 Å². The van der Waals surface area contributed by atoms with E-state index in [9.17, 15) is 0 Å². The Bertz CT molecular complexity index is 399. The molecule has 2 atom stereocenters. The van der Waals surface area contributed by atoms with Gasteiger partial charge in [0.25, 0.3) is 0 Å². The van der Waals surface area contributed by atoms with Crippen molar-refractivity contribution in [2.24, 2.45) is 5.84 Å². The van der Waals surface area contributed by atoms with Crippen LogP contribution in [0.3, 0.4) is 0 Å². The minimum atomic E-state index is 0.361. The number of nitrogens with two attached hydrogens (primary N) is 1. The number of rotatable bonds is 8. The van der Waals surface area contributed by atoms with Gasteiger partial charge >= 0.3 is 0 Å². The van der Waals surface area contributed by atoms with Crippen LogP contribution >= 0.6 is 27.7 Å². The first kappa shape index (κ1) is 16.3. The fourth-order valence-electron chi connectivity index (χ4n) is 2.43. The second-order valence-electron chi connectivity index (χ2n) is 5.20. The molecule has 0 amide bonds. The highest BCUT2D eigenvalue weighted by atomic mass is 79.9. The highest BCUT2D eigenvalue weighted by Crippen LogP contribution is 2.24. The summed E-state index contributed by atoms with van der Waals surface area (Å²) in [5, 5.41) is 0. The van der Waals surface area contributed by atoms with Gasteiger partial charge in [0, 0.05) is 27.8 Å². The molecule has 20 heavy (non-hydrogen) atoms.